The van der Waals surface area contributed by atoms with E-state index in [0.29, 0.717) is 12.5 Å². The molecule has 1 atom stereocenters. The number of ether oxygens (including phenoxy) is 1. The van der Waals surface area contributed by atoms with E-state index in [0.717, 1.165) is 17.2 Å². The van der Waals surface area contributed by atoms with Crippen LogP contribution in [0.3, 0.4) is 0 Å². The van der Waals surface area contributed by atoms with Crippen molar-refractivity contribution in [2.24, 2.45) is 5.92 Å². The van der Waals surface area contributed by atoms with E-state index in [4.69, 9.17) is 4.74 Å². The Morgan fingerprint density at radius 3 is 2.41 bits per heavy atom. The molecule has 0 spiro atoms. The summed E-state index contributed by atoms with van der Waals surface area (Å²) in [6.07, 6.45) is -0.371. The van der Waals surface area contributed by atoms with E-state index in [1.807, 2.05) is 34.6 Å². The first-order chi connectivity index (χ1) is 10.1. The molecule has 1 heterocycles. The normalized spacial score (nSPS) is 13.3. The van der Waals surface area contributed by atoms with E-state index >= 15 is 0 Å². The molecule has 5 nitrogen and oxygen atoms in total. The fourth-order valence-electron chi connectivity index (χ4n) is 2.01. The number of hydrogen-bond donors (Lipinski definition) is 2. The number of carbonyl (C=O) groups is 1. The van der Waals surface area contributed by atoms with Gasteiger partial charge in [0, 0.05) is 24.0 Å². The number of rotatable bonds is 6. The molecule has 22 heavy (non-hydrogen) atoms. The average molecular weight is 327 g/mol. The fraction of sp³-hybridized carbons (Fsp3) is 0.750. The number of alkyl carbamates (subject to hydrolysis) is 1. The predicted octanol–water partition coefficient (Wildman–Crippen LogP) is 3.40. The molecular weight excluding hydrogens is 298 g/mol. The first-order valence-corrected chi connectivity index (χ1v) is 8.53. The topological polar surface area (TPSA) is 63.2 Å². The summed E-state index contributed by atoms with van der Waals surface area (Å²) in [6.45, 7) is 15.2. The molecule has 6 heteroatoms. The standard InChI is InChI=1S/C16H29N3O2S/c1-10(2)13(8-18-15(20)21-16(5,6)7)17-9-14-11(3)19-12(4)22-14/h10,13,17H,8-9H2,1-7H3,(H,18,20). The number of nitrogens with one attached hydrogen (secondary N) is 2. The molecule has 0 aromatic carbocycles. The van der Waals surface area contributed by atoms with Crippen molar-refractivity contribution in [1.29, 1.82) is 0 Å². The van der Waals surface area contributed by atoms with Crippen LogP contribution in [-0.2, 0) is 11.3 Å². The molecule has 1 aromatic rings. The van der Waals surface area contributed by atoms with Crippen molar-refractivity contribution in [2.75, 3.05) is 6.54 Å². The Morgan fingerprint density at radius 2 is 1.95 bits per heavy atom. The van der Waals surface area contributed by atoms with Gasteiger partial charge < -0.3 is 15.4 Å². The Labute approximate surface area is 137 Å². The van der Waals surface area contributed by atoms with Crippen LogP contribution in [0.4, 0.5) is 4.79 Å². The fourth-order valence-corrected chi connectivity index (χ4v) is 2.90. The van der Waals surface area contributed by atoms with Crippen molar-refractivity contribution in [2.45, 2.75) is 66.7 Å². The Hall–Kier alpha value is -1.14. The zero-order valence-electron chi connectivity index (χ0n) is 14.7. The smallest absolute Gasteiger partial charge is 0.407 e. The van der Waals surface area contributed by atoms with Gasteiger partial charge in [0.25, 0.3) is 0 Å². The van der Waals surface area contributed by atoms with Crippen LogP contribution < -0.4 is 10.6 Å². The van der Waals surface area contributed by atoms with E-state index < -0.39 is 5.60 Å². The van der Waals surface area contributed by atoms with Gasteiger partial charge in [-0.1, -0.05) is 13.8 Å². The van der Waals surface area contributed by atoms with Crippen molar-refractivity contribution in [1.82, 2.24) is 15.6 Å². The Kier molecular flexibility index (Phi) is 6.81. The minimum atomic E-state index is -0.470. The van der Waals surface area contributed by atoms with Crippen LogP contribution in [0.2, 0.25) is 0 Å². The van der Waals surface area contributed by atoms with Gasteiger partial charge in [-0.15, -0.1) is 11.3 Å². The summed E-state index contributed by atoms with van der Waals surface area (Å²) in [6, 6.07) is 0.189. The van der Waals surface area contributed by atoms with Crippen LogP contribution in [0.1, 0.15) is 50.2 Å². The third-order valence-electron chi connectivity index (χ3n) is 3.19. The molecule has 2 N–H and O–H groups in total. The third-order valence-corrected chi connectivity index (χ3v) is 4.27. The van der Waals surface area contributed by atoms with Crippen molar-refractivity contribution in [3.63, 3.8) is 0 Å². The maximum atomic E-state index is 11.7. The molecule has 1 unspecified atom stereocenters. The van der Waals surface area contributed by atoms with Crippen molar-refractivity contribution in [3.8, 4) is 0 Å². The SMILES string of the molecule is Cc1nc(C)c(CNC(CNC(=O)OC(C)(C)C)C(C)C)s1. The molecule has 0 saturated heterocycles. The molecule has 1 aromatic heterocycles. The van der Waals surface area contributed by atoms with Gasteiger partial charge in [0.2, 0.25) is 0 Å². The number of hydrogen-bond acceptors (Lipinski definition) is 5. The first kappa shape index (κ1) is 18.9. The molecule has 0 aliphatic rings. The third kappa shape index (κ3) is 6.75. The van der Waals surface area contributed by atoms with E-state index in [2.05, 4.69) is 29.5 Å². The zero-order valence-corrected chi connectivity index (χ0v) is 15.6. The van der Waals surface area contributed by atoms with E-state index in [1.165, 1.54) is 4.88 Å². The molecule has 0 aliphatic heterocycles. The summed E-state index contributed by atoms with van der Waals surface area (Å²) in [7, 11) is 0. The van der Waals surface area contributed by atoms with Crippen LogP contribution in [0, 0.1) is 19.8 Å². The lowest BCUT2D eigenvalue weighted by molar-refractivity contribution is 0.0519. The maximum absolute atomic E-state index is 11.7. The molecule has 0 aliphatic carbocycles. The van der Waals surface area contributed by atoms with Crippen molar-refractivity contribution >= 4 is 17.4 Å². The monoisotopic (exact) mass is 327 g/mol. The summed E-state index contributed by atoms with van der Waals surface area (Å²) in [4.78, 5) is 17.4. The van der Waals surface area contributed by atoms with Gasteiger partial charge in [0.1, 0.15) is 5.60 Å². The average Bonchev–Trinajstić information content (AvgIpc) is 2.65. The Balaban J connectivity index is 2.49. The van der Waals surface area contributed by atoms with Crippen LogP contribution in [0.5, 0.6) is 0 Å². The molecular formula is C16H29N3O2S. The summed E-state index contributed by atoms with van der Waals surface area (Å²) < 4.78 is 5.27. The predicted molar refractivity (Wildman–Crippen MR) is 91.3 cm³/mol. The van der Waals surface area contributed by atoms with E-state index in [1.54, 1.807) is 11.3 Å². The minimum absolute atomic E-state index is 0.189. The van der Waals surface area contributed by atoms with Crippen LogP contribution >= 0.6 is 11.3 Å². The quantitative estimate of drug-likeness (QED) is 0.840. The second-order valence-corrected chi connectivity index (χ2v) is 8.14. The molecule has 0 bridgehead atoms. The highest BCUT2D eigenvalue weighted by Crippen LogP contribution is 2.17. The number of aromatic nitrogens is 1. The molecule has 126 valence electrons. The molecule has 0 radical (unpaired) electrons. The highest BCUT2D eigenvalue weighted by Gasteiger charge is 2.19. The number of thiazole rings is 1. The van der Waals surface area contributed by atoms with Gasteiger partial charge in [-0.25, -0.2) is 9.78 Å². The summed E-state index contributed by atoms with van der Waals surface area (Å²) in [5.41, 5.74) is 0.611. The highest BCUT2D eigenvalue weighted by atomic mass is 32.1. The minimum Gasteiger partial charge on any atom is -0.444 e. The van der Waals surface area contributed by atoms with E-state index in [9.17, 15) is 4.79 Å². The second kappa shape index (κ2) is 7.92. The lowest BCUT2D eigenvalue weighted by Crippen LogP contribution is -2.45. The Morgan fingerprint density at radius 1 is 1.32 bits per heavy atom. The summed E-state index contributed by atoms with van der Waals surface area (Å²) >= 11 is 1.71. The molecule has 1 rings (SSSR count). The van der Waals surface area contributed by atoms with Crippen LogP contribution in [0.25, 0.3) is 0 Å². The van der Waals surface area contributed by atoms with Gasteiger partial charge >= 0.3 is 6.09 Å². The van der Waals surface area contributed by atoms with E-state index in [-0.39, 0.29) is 12.1 Å². The molecule has 0 fully saturated rings. The zero-order chi connectivity index (χ0) is 16.9. The number of nitrogens with zero attached hydrogens (tertiary/aromatic N) is 1. The molecule has 1 amide bonds. The lowest BCUT2D eigenvalue weighted by atomic mass is 10.0. The van der Waals surface area contributed by atoms with Crippen LogP contribution in [-0.4, -0.2) is 29.3 Å². The molecule has 0 saturated carbocycles. The number of carbonyl (C=O) groups excluding carboxylic acids is 1. The largest absolute Gasteiger partial charge is 0.444 e. The number of amides is 1. The van der Waals surface area contributed by atoms with Crippen LogP contribution in [0.15, 0.2) is 0 Å². The van der Waals surface area contributed by atoms with Gasteiger partial charge in [-0.05, 0) is 40.5 Å². The number of aryl methyl sites for hydroxylation is 2. The van der Waals surface area contributed by atoms with Gasteiger partial charge in [-0.2, -0.15) is 0 Å². The maximum Gasteiger partial charge on any atom is 0.407 e. The first-order valence-electron chi connectivity index (χ1n) is 7.71. The second-order valence-electron chi connectivity index (χ2n) is 6.86. The summed E-state index contributed by atoms with van der Waals surface area (Å²) in [5.74, 6) is 0.407. The van der Waals surface area contributed by atoms with Crippen molar-refractivity contribution in [3.05, 3.63) is 15.6 Å². The van der Waals surface area contributed by atoms with Gasteiger partial charge in [0.15, 0.2) is 0 Å². The highest BCUT2D eigenvalue weighted by molar-refractivity contribution is 7.11. The van der Waals surface area contributed by atoms with Crippen molar-refractivity contribution < 1.29 is 9.53 Å². The van der Waals surface area contributed by atoms with Gasteiger partial charge in [-0.3, -0.25) is 0 Å². The van der Waals surface area contributed by atoms with Gasteiger partial charge in [0.05, 0.1) is 10.7 Å². The summed E-state index contributed by atoms with van der Waals surface area (Å²) in [5, 5.41) is 7.43. The Bertz CT molecular complexity index is 492. The lowest BCUT2D eigenvalue weighted by Gasteiger charge is -2.24.